The van der Waals surface area contributed by atoms with Gasteiger partial charge in [-0.1, -0.05) is 18.2 Å². The lowest BCUT2D eigenvalue weighted by atomic mass is 10.1. The summed E-state index contributed by atoms with van der Waals surface area (Å²) in [7, 11) is 1.49. The quantitative estimate of drug-likeness (QED) is 0.770. The second-order valence-electron chi connectivity index (χ2n) is 5.27. The predicted molar refractivity (Wildman–Crippen MR) is 93.6 cm³/mol. The van der Waals surface area contributed by atoms with Crippen LogP contribution in [0.2, 0.25) is 0 Å². The normalized spacial score (nSPS) is 10.2. The molecule has 0 aromatic heterocycles. The van der Waals surface area contributed by atoms with E-state index in [1.807, 2.05) is 13.0 Å². The van der Waals surface area contributed by atoms with E-state index in [2.05, 4.69) is 5.32 Å². The summed E-state index contributed by atoms with van der Waals surface area (Å²) in [6.07, 6.45) is 0.519. The van der Waals surface area contributed by atoms with Gasteiger partial charge in [0, 0.05) is 6.54 Å². The molecule has 0 aliphatic heterocycles. The van der Waals surface area contributed by atoms with Crippen LogP contribution in [0.3, 0.4) is 0 Å². The predicted octanol–water partition coefficient (Wildman–Crippen LogP) is 2.76. The molecule has 2 aromatic rings. The van der Waals surface area contributed by atoms with Crippen LogP contribution in [-0.2, 0) is 6.42 Å². The maximum atomic E-state index is 12.3. The molecule has 1 amide bonds. The number of benzene rings is 2. The number of amides is 1. The number of ether oxygens (including phenoxy) is 2. The molecular formula is C19H21NO5. The van der Waals surface area contributed by atoms with E-state index in [0.717, 1.165) is 5.56 Å². The van der Waals surface area contributed by atoms with Crippen molar-refractivity contribution in [3.63, 3.8) is 0 Å². The van der Waals surface area contributed by atoms with E-state index in [0.29, 0.717) is 36.6 Å². The number of para-hydroxylation sites is 1. The number of carbonyl (C=O) groups excluding carboxylic acids is 1. The Kier molecular flexibility index (Phi) is 6.39. The number of methoxy groups -OCH3 is 1. The van der Waals surface area contributed by atoms with Gasteiger partial charge < -0.3 is 19.9 Å². The summed E-state index contributed by atoms with van der Waals surface area (Å²) in [5.41, 5.74) is 1.47. The van der Waals surface area contributed by atoms with Gasteiger partial charge in [0.05, 0.1) is 24.8 Å². The van der Waals surface area contributed by atoms with Crippen molar-refractivity contribution in [1.29, 1.82) is 0 Å². The van der Waals surface area contributed by atoms with Crippen LogP contribution in [0.5, 0.6) is 11.5 Å². The zero-order valence-electron chi connectivity index (χ0n) is 14.2. The number of carbonyl (C=O) groups is 2. The second-order valence-corrected chi connectivity index (χ2v) is 5.27. The van der Waals surface area contributed by atoms with Crippen molar-refractivity contribution in [2.75, 3.05) is 20.3 Å². The van der Waals surface area contributed by atoms with Crippen molar-refractivity contribution in [3.05, 3.63) is 59.2 Å². The van der Waals surface area contributed by atoms with Crippen LogP contribution in [-0.4, -0.2) is 37.2 Å². The molecule has 0 heterocycles. The molecule has 0 saturated carbocycles. The van der Waals surface area contributed by atoms with Gasteiger partial charge in [0.2, 0.25) is 0 Å². The van der Waals surface area contributed by atoms with Crippen molar-refractivity contribution in [1.82, 2.24) is 5.32 Å². The van der Waals surface area contributed by atoms with Gasteiger partial charge in [-0.15, -0.1) is 0 Å². The average Bonchev–Trinajstić information content (AvgIpc) is 2.62. The van der Waals surface area contributed by atoms with E-state index in [-0.39, 0.29) is 11.5 Å². The molecule has 6 nitrogen and oxygen atoms in total. The van der Waals surface area contributed by atoms with Gasteiger partial charge in [-0.05, 0) is 43.2 Å². The van der Waals surface area contributed by atoms with Crippen LogP contribution in [0.1, 0.15) is 33.2 Å². The maximum Gasteiger partial charge on any atom is 0.335 e. The van der Waals surface area contributed by atoms with Crippen LogP contribution in [0.4, 0.5) is 0 Å². The molecule has 2 N–H and O–H groups in total. The minimum Gasteiger partial charge on any atom is -0.496 e. The number of carboxylic acids is 1. The molecule has 0 aliphatic carbocycles. The molecule has 6 heteroatoms. The van der Waals surface area contributed by atoms with Crippen molar-refractivity contribution < 1.29 is 24.2 Å². The molecule has 0 spiro atoms. The van der Waals surface area contributed by atoms with E-state index >= 15 is 0 Å². The van der Waals surface area contributed by atoms with Crippen LogP contribution in [0.25, 0.3) is 0 Å². The average molecular weight is 343 g/mol. The lowest BCUT2D eigenvalue weighted by molar-refractivity contribution is 0.0696. The maximum absolute atomic E-state index is 12.3. The van der Waals surface area contributed by atoms with Crippen LogP contribution < -0.4 is 14.8 Å². The third kappa shape index (κ3) is 4.73. The third-order valence-electron chi connectivity index (χ3n) is 3.65. The van der Waals surface area contributed by atoms with Crippen molar-refractivity contribution in [2.24, 2.45) is 0 Å². The van der Waals surface area contributed by atoms with Gasteiger partial charge in [-0.3, -0.25) is 4.79 Å². The van der Waals surface area contributed by atoms with Gasteiger partial charge >= 0.3 is 5.97 Å². The molecule has 0 fully saturated rings. The monoisotopic (exact) mass is 343 g/mol. The molecule has 25 heavy (non-hydrogen) atoms. The highest BCUT2D eigenvalue weighted by Crippen LogP contribution is 2.21. The Morgan fingerprint density at radius 2 is 1.88 bits per heavy atom. The van der Waals surface area contributed by atoms with E-state index in [9.17, 15) is 9.59 Å². The highest BCUT2D eigenvalue weighted by Gasteiger charge is 2.13. The number of nitrogens with one attached hydrogen (secondary N) is 1. The first kappa shape index (κ1) is 18.3. The molecule has 0 atom stereocenters. The molecule has 0 radical (unpaired) electrons. The van der Waals surface area contributed by atoms with Crippen molar-refractivity contribution in [3.8, 4) is 11.5 Å². The number of rotatable bonds is 8. The topological polar surface area (TPSA) is 84.9 Å². The standard InChI is InChI=1S/C19H21NO5/c1-3-25-16-7-5-4-6-15(16)18(21)20-11-10-13-8-9-14(19(22)23)12-17(13)24-2/h4-9,12H,3,10-11H2,1-2H3,(H,20,21)(H,22,23). The van der Waals surface area contributed by atoms with Crippen molar-refractivity contribution >= 4 is 11.9 Å². The highest BCUT2D eigenvalue weighted by atomic mass is 16.5. The lowest BCUT2D eigenvalue weighted by Gasteiger charge is -2.12. The highest BCUT2D eigenvalue weighted by molar-refractivity contribution is 5.96. The zero-order valence-corrected chi connectivity index (χ0v) is 14.2. The van der Waals surface area contributed by atoms with Gasteiger partial charge in [0.25, 0.3) is 5.91 Å². The lowest BCUT2D eigenvalue weighted by Crippen LogP contribution is -2.26. The molecule has 2 rings (SSSR count). The van der Waals surface area contributed by atoms with E-state index in [1.54, 1.807) is 24.3 Å². The first-order valence-electron chi connectivity index (χ1n) is 7.97. The van der Waals surface area contributed by atoms with E-state index in [1.165, 1.54) is 19.2 Å². The summed E-state index contributed by atoms with van der Waals surface area (Å²) >= 11 is 0. The summed E-state index contributed by atoms with van der Waals surface area (Å²) in [6.45, 7) is 2.74. The summed E-state index contributed by atoms with van der Waals surface area (Å²) in [5, 5.41) is 11.9. The first-order valence-corrected chi connectivity index (χ1v) is 7.97. The van der Waals surface area contributed by atoms with E-state index in [4.69, 9.17) is 14.6 Å². The SMILES string of the molecule is CCOc1ccccc1C(=O)NCCc1ccc(C(=O)O)cc1OC. The number of hydrogen-bond donors (Lipinski definition) is 2. The van der Waals surface area contributed by atoms with Gasteiger partial charge in [-0.2, -0.15) is 0 Å². The molecule has 2 aromatic carbocycles. The minimum absolute atomic E-state index is 0.162. The largest absolute Gasteiger partial charge is 0.496 e. The Hall–Kier alpha value is -3.02. The van der Waals surface area contributed by atoms with Gasteiger partial charge in [0.1, 0.15) is 11.5 Å². The molecule has 0 bridgehead atoms. The van der Waals surface area contributed by atoms with Crippen LogP contribution >= 0.6 is 0 Å². The second kappa shape index (κ2) is 8.73. The summed E-state index contributed by atoms with van der Waals surface area (Å²) in [5.74, 6) is -0.189. The van der Waals surface area contributed by atoms with Crippen LogP contribution in [0, 0.1) is 0 Å². The zero-order chi connectivity index (χ0) is 18.2. The van der Waals surface area contributed by atoms with E-state index < -0.39 is 5.97 Å². The number of hydrogen-bond acceptors (Lipinski definition) is 4. The third-order valence-corrected chi connectivity index (χ3v) is 3.65. The van der Waals surface area contributed by atoms with Gasteiger partial charge in [0.15, 0.2) is 0 Å². The number of aromatic carboxylic acids is 1. The molecule has 0 unspecified atom stereocenters. The first-order chi connectivity index (χ1) is 12.1. The summed E-state index contributed by atoms with van der Waals surface area (Å²) in [6, 6.07) is 11.8. The Bertz CT molecular complexity index is 757. The molecule has 0 saturated heterocycles. The Balaban J connectivity index is 2.01. The minimum atomic E-state index is -1.01. The Labute approximate surface area is 146 Å². The number of carboxylic acid groups (broad SMARTS) is 1. The molecule has 0 aliphatic rings. The smallest absolute Gasteiger partial charge is 0.335 e. The molecule has 132 valence electrons. The fourth-order valence-electron chi connectivity index (χ4n) is 2.43. The molecular weight excluding hydrogens is 322 g/mol. The van der Waals surface area contributed by atoms with Crippen molar-refractivity contribution in [2.45, 2.75) is 13.3 Å². The Morgan fingerprint density at radius 1 is 1.12 bits per heavy atom. The fraction of sp³-hybridized carbons (Fsp3) is 0.263. The fourth-order valence-corrected chi connectivity index (χ4v) is 2.43. The summed E-state index contributed by atoms with van der Waals surface area (Å²) in [4.78, 5) is 23.3. The Morgan fingerprint density at radius 3 is 2.56 bits per heavy atom. The summed E-state index contributed by atoms with van der Waals surface area (Å²) < 4.78 is 10.7. The van der Waals surface area contributed by atoms with Crippen LogP contribution in [0.15, 0.2) is 42.5 Å². The van der Waals surface area contributed by atoms with Gasteiger partial charge in [-0.25, -0.2) is 4.79 Å².